The maximum absolute atomic E-state index is 12.9. The molecule has 0 spiro atoms. The van der Waals surface area contributed by atoms with Crippen LogP contribution in [0.15, 0.2) is 65.6 Å². The maximum Gasteiger partial charge on any atom is 0.261 e. The van der Waals surface area contributed by atoms with Gasteiger partial charge in [0.25, 0.3) is 15.9 Å². The second-order valence-electron chi connectivity index (χ2n) is 9.70. The van der Waals surface area contributed by atoms with Crippen LogP contribution in [-0.2, 0) is 21.0 Å². The molecular formula is C24H30N4O3S. The summed E-state index contributed by atoms with van der Waals surface area (Å²) in [7, 11) is -3.69. The first-order chi connectivity index (χ1) is 14.8. The molecule has 0 aliphatic rings. The van der Waals surface area contributed by atoms with E-state index in [0.29, 0.717) is 17.1 Å². The van der Waals surface area contributed by atoms with Crippen LogP contribution in [0.4, 0.5) is 11.5 Å². The highest BCUT2D eigenvalue weighted by Gasteiger charge is 2.26. The van der Waals surface area contributed by atoms with Gasteiger partial charge >= 0.3 is 0 Å². The van der Waals surface area contributed by atoms with Crippen LogP contribution in [0.3, 0.4) is 0 Å². The number of aromatic nitrogens is 2. The SMILES string of the molecule is CC(C)(C)c1cc(NC(=O)c2ccc(NS(=O)(=O)c3ccccc3)cc2)n(C(C)(C)C)n1. The Balaban J connectivity index is 1.79. The van der Waals surface area contributed by atoms with Crippen LogP contribution < -0.4 is 10.0 Å². The summed E-state index contributed by atoms with van der Waals surface area (Å²) in [6.07, 6.45) is 0. The van der Waals surface area contributed by atoms with Crippen molar-refractivity contribution in [3.05, 3.63) is 71.9 Å². The highest BCUT2D eigenvalue weighted by atomic mass is 32.2. The number of amides is 1. The zero-order valence-corrected chi connectivity index (χ0v) is 20.1. The van der Waals surface area contributed by atoms with Gasteiger partial charge in [0, 0.05) is 22.7 Å². The molecule has 2 N–H and O–H groups in total. The fraction of sp³-hybridized carbons (Fsp3) is 0.333. The van der Waals surface area contributed by atoms with E-state index in [1.165, 1.54) is 12.1 Å². The number of carbonyl (C=O) groups is 1. The summed E-state index contributed by atoms with van der Waals surface area (Å²) in [5.41, 5.74) is 1.19. The molecule has 0 aliphatic carbocycles. The third-order valence-electron chi connectivity index (χ3n) is 4.81. The van der Waals surface area contributed by atoms with Crippen molar-refractivity contribution in [1.29, 1.82) is 0 Å². The largest absolute Gasteiger partial charge is 0.307 e. The van der Waals surface area contributed by atoms with E-state index in [-0.39, 0.29) is 21.8 Å². The molecule has 3 rings (SSSR count). The lowest BCUT2D eigenvalue weighted by atomic mass is 9.92. The standard InChI is InChI=1S/C24H30N4O3S/c1-23(2,3)20-16-21(28(26-20)24(4,5)6)25-22(29)17-12-14-18(15-13-17)27-32(30,31)19-10-8-7-9-11-19/h7-16,27H,1-6H3,(H,25,29). The van der Waals surface area contributed by atoms with Gasteiger partial charge in [-0.1, -0.05) is 39.0 Å². The summed E-state index contributed by atoms with van der Waals surface area (Å²) in [4.78, 5) is 13.1. The van der Waals surface area contributed by atoms with Gasteiger partial charge in [-0.2, -0.15) is 5.10 Å². The molecule has 8 heteroatoms. The van der Waals surface area contributed by atoms with Gasteiger partial charge in [-0.3, -0.25) is 9.52 Å². The van der Waals surface area contributed by atoms with Gasteiger partial charge in [0.05, 0.1) is 16.1 Å². The minimum atomic E-state index is -3.69. The smallest absolute Gasteiger partial charge is 0.261 e. The van der Waals surface area contributed by atoms with Crippen molar-refractivity contribution in [2.24, 2.45) is 0 Å². The topological polar surface area (TPSA) is 93.1 Å². The molecule has 0 unspecified atom stereocenters. The lowest BCUT2D eigenvalue weighted by molar-refractivity contribution is 0.102. The van der Waals surface area contributed by atoms with Crippen molar-refractivity contribution in [2.45, 2.75) is 57.4 Å². The van der Waals surface area contributed by atoms with Crippen molar-refractivity contribution in [2.75, 3.05) is 10.0 Å². The third kappa shape index (κ3) is 5.37. The van der Waals surface area contributed by atoms with Crippen molar-refractivity contribution in [3.8, 4) is 0 Å². The first-order valence-corrected chi connectivity index (χ1v) is 11.9. The Morgan fingerprint density at radius 3 is 2.03 bits per heavy atom. The number of hydrogen-bond acceptors (Lipinski definition) is 4. The average molecular weight is 455 g/mol. The minimum Gasteiger partial charge on any atom is -0.307 e. The number of hydrogen-bond donors (Lipinski definition) is 2. The first-order valence-electron chi connectivity index (χ1n) is 10.4. The van der Waals surface area contributed by atoms with Gasteiger partial charge in [-0.25, -0.2) is 13.1 Å². The van der Waals surface area contributed by atoms with Crippen molar-refractivity contribution in [1.82, 2.24) is 9.78 Å². The number of anilines is 2. The number of rotatable bonds is 5. The lowest BCUT2D eigenvalue weighted by Gasteiger charge is -2.23. The monoisotopic (exact) mass is 454 g/mol. The Kier molecular flexibility index (Phi) is 6.20. The zero-order chi connectivity index (χ0) is 23.7. The van der Waals surface area contributed by atoms with Crippen LogP contribution in [0, 0.1) is 0 Å². The molecule has 0 aliphatic heterocycles. The predicted molar refractivity (Wildman–Crippen MR) is 128 cm³/mol. The van der Waals surface area contributed by atoms with Crippen LogP contribution in [0.2, 0.25) is 0 Å². The van der Waals surface area contributed by atoms with E-state index in [2.05, 4.69) is 30.8 Å². The Morgan fingerprint density at radius 2 is 1.50 bits per heavy atom. The van der Waals surface area contributed by atoms with Gasteiger partial charge in [-0.15, -0.1) is 0 Å². The van der Waals surface area contributed by atoms with E-state index in [0.717, 1.165) is 5.69 Å². The van der Waals surface area contributed by atoms with Gasteiger partial charge in [0.2, 0.25) is 0 Å². The highest BCUT2D eigenvalue weighted by Crippen LogP contribution is 2.28. The molecule has 32 heavy (non-hydrogen) atoms. The molecule has 3 aromatic rings. The van der Waals surface area contributed by atoms with E-state index in [1.807, 2.05) is 31.5 Å². The molecule has 1 aromatic heterocycles. The summed E-state index contributed by atoms with van der Waals surface area (Å²) in [5.74, 6) is 0.314. The summed E-state index contributed by atoms with van der Waals surface area (Å²) in [6, 6.07) is 16.3. The number of carbonyl (C=O) groups excluding carboxylic acids is 1. The minimum absolute atomic E-state index is 0.159. The van der Waals surface area contributed by atoms with E-state index in [1.54, 1.807) is 42.5 Å². The molecule has 0 atom stereocenters. The van der Waals surface area contributed by atoms with Gasteiger partial charge in [-0.05, 0) is 57.2 Å². The molecule has 1 heterocycles. The second-order valence-corrected chi connectivity index (χ2v) is 11.4. The molecule has 7 nitrogen and oxygen atoms in total. The van der Waals surface area contributed by atoms with Crippen LogP contribution in [-0.4, -0.2) is 24.1 Å². The fourth-order valence-corrected chi connectivity index (χ4v) is 4.12. The zero-order valence-electron chi connectivity index (χ0n) is 19.3. The van der Waals surface area contributed by atoms with Crippen LogP contribution >= 0.6 is 0 Å². The van der Waals surface area contributed by atoms with Crippen LogP contribution in [0.25, 0.3) is 0 Å². The number of nitrogens with one attached hydrogen (secondary N) is 2. The van der Waals surface area contributed by atoms with Crippen molar-refractivity contribution in [3.63, 3.8) is 0 Å². The highest BCUT2D eigenvalue weighted by molar-refractivity contribution is 7.92. The summed E-state index contributed by atoms with van der Waals surface area (Å²) in [6.45, 7) is 12.3. The molecular weight excluding hydrogens is 424 g/mol. The fourth-order valence-electron chi connectivity index (χ4n) is 3.04. The molecule has 0 fully saturated rings. The molecule has 170 valence electrons. The molecule has 0 saturated heterocycles. The lowest BCUT2D eigenvalue weighted by Crippen LogP contribution is -2.27. The van der Waals surface area contributed by atoms with Crippen molar-refractivity contribution >= 4 is 27.4 Å². The van der Waals surface area contributed by atoms with E-state index in [4.69, 9.17) is 5.10 Å². The Morgan fingerprint density at radius 1 is 0.906 bits per heavy atom. The molecule has 1 amide bonds. The maximum atomic E-state index is 12.9. The van der Waals surface area contributed by atoms with Gasteiger partial charge < -0.3 is 5.32 Å². The van der Waals surface area contributed by atoms with E-state index < -0.39 is 10.0 Å². The number of sulfonamides is 1. The molecule has 0 radical (unpaired) electrons. The Hall–Kier alpha value is -3.13. The number of nitrogens with zero attached hydrogens (tertiary/aromatic N) is 2. The summed E-state index contributed by atoms with van der Waals surface area (Å²) < 4.78 is 29.3. The van der Waals surface area contributed by atoms with Gasteiger partial charge in [0.15, 0.2) is 0 Å². The van der Waals surface area contributed by atoms with Gasteiger partial charge in [0.1, 0.15) is 5.82 Å². The van der Waals surface area contributed by atoms with E-state index >= 15 is 0 Å². The van der Waals surface area contributed by atoms with Crippen LogP contribution in [0.1, 0.15) is 57.6 Å². The quantitative estimate of drug-likeness (QED) is 0.568. The number of benzene rings is 2. The second kappa shape index (κ2) is 8.43. The summed E-state index contributed by atoms with van der Waals surface area (Å²) in [5, 5.41) is 7.65. The molecule has 2 aromatic carbocycles. The first kappa shape index (κ1) is 23.5. The Bertz CT molecular complexity index is 1200. The van der Waals surface area contributed by atoms with Crippen molar-refractivity contribution < 1.29 is 13.2 Å². The average Bonchev–Trinajstić information content (AvgIpc) is 3.14. The molecule has 0 bridgehead atoms. The molecule has 0 saturated carbocycles. The third-order valence-corrected chi connectivity index (χ3v) is 6.20. The predicted octanol–water partition coefficient (Wildman–Crippen LogP) is 4.99. The summed E-state index contributed by atoms with van der Waals surface area (Å²) >= 11 is 0. The Labute approximate surface area is 189 Å². The normalized spacial score (nSPS) is 12.4. The van der Waals surface area contributed by atoms with Crippen LogP contribution in [0.5, 0.6) is 0 Å². The van der Waals surface area contributed by atoms with E-state index in [9.17, 15) is 13.2 Å².